The molecule has 0 aliphatic carbocycles. The van der Waals surface area contributed by atoms with Gasteiger partial charge in [-0.15, -0.1) is 0 Å². The zero-order valence-electron chi connectivity index (χ0n) is 18.9. The summed E-state index contributed by atoms with van der Waals surface area (Å²) in [7, 11) is 0. The van der Waals surface area contributed by atoms with E-state index in [0.717, 1.165) is 12.0 Å². The SMILES string of the molecule is O=C(CC[C@@H]1NC(=O)N(Cc2ccc3c(c2)OCO3)C1=O)NC[C@@H]1CCCN2CCCC[C@@H]12. The van der Waals surface area contributed by atoms with Gasteiger partial charge in [-0.05, 0) is 68.8 Å². The molecule has 3 fully saturated rings. The van der Waals surface area contributed by atoms with E-state index in [-0.39, 0.29) is 31.6 Å². The second-order valence-corrected chi connectivity index (χ2v) is 9.46. The van der Waals surface area contributed by atoms with Gasteiger partial charge in [0.1, 0.15) is 6.04 Å². The molecule has 3 saturated heterocycles. The molecule has 33 heavy (non-hydrogen) atoms. The Kier molecular flexibility index (Phi) is 6.39. The van der Waals surface area contributed by atoms with Crippen molar-refractivity contribution >= 4 is 17.8 Å². The number of benzene rings is 1. The first kappa shape index (κ1) is 22.0. The molecule has 0 saturated carbocycles. The van der Waals surface area contributed by atoms with E-state index < -0.39 is 12.1 Å². The smallest absolute Gasteiger partial charge is 0.325 e. The molecule has 1 aromatic carbocycles. The summed E-state index contributed by atoms with van der Waals surface area (Å²) in [4.78, 5) is 41.4. The lowest BCUT2D eigenvalue weighted by Crippen LogP contribution is -2.51. The second kappa shape index (κ2) is 9.59. The number of hydrogen-bond acceptors (Lipinski definition) is 6. The zero-order chi connectivity index (χ0) is 22.8. The molecule has 4 amide bonds. The Balaban J connectivity index is 1.09. The topological polar surface area (TPSA) is 100 Å². The Labute approximate surface area is 193 Å². The second-order valence-electron chi connectivity index (χ2n) is 9.46. The summed E-state index contributed by atoms with van der Waals surface area (Å²) in [5.74, 6) is 1.43. The van der Waals surface area contributed by atoms with Gasteiger partial charge >= 0.3 is 6.03 Å². The van der Waals surface area contributed by atoms with Crippen LogP contribution in [0.15, 0.2) is 18.2 Å². The van der Waals surface area contributed by atoms with Crippen LogP contribution >= 0.6 is 0 Å². The van der Waals surface area contributed by atoms with Crippen molar-refractivity contribution in [3.63, 3.8) is 0 Å². The lowest BCUT2D eigenvalue weighted by molar-refractivity contribution is -0.128. The van der Waals surface area contributed by atoms with Crippen LogP contribution in [0.1, 0.15) is 50.5 Å². The fourth-order valence-corrected chi connectivity index (χ4v) is 5.57. The molecule has 0 aromatic heterocycles. The average Bonchev–Trinajstić information content (AvgIpc) is 3.40. The summed E-state index contributed by atoms with van der Waals surface area (Å²) in [6.07, 6.45) is 6.65. The van der Waals surface area contributed by atoms with Crippen LogP contribution in [0.3, 0.4) is 0 Å². The molecule has 9 nitrogen and oxygen atoms in total. The molecule has 0 unspecified atom stereocenters. The molecule has 4 heterocycles. The molecule has 0 radical (unpaired) electrons. The van der Waals surface area contributed by atoms with Gasteiger partial charge in [-0.3, -0.25) is 14.5 Å². The minimum absolute atomic E-state index is 0.0563. The molecule has 0 bridgehead atoms. The van der Waals surface area contributed by atoms with E-state index in [9.17, 15) is 14.4 Å². The van der Waals surface area contributed by atoms with E-state index in [2.05, 4.69) is 15.5 Å². The predicted octanol–water partition coefficient (Wildman–Crippen LogP) is 2.00. The minimum Gasteiger partial charge on any atom is -0.454 e. The quantitative estimate of drug-likeness (QED) is 0.609. The van der Waals surface area contributed by atoms with Gasteiger partial charge in [-0.1, -0.05) is 12.5 Å². The summed E-state index contributed by atoms with van der Waals surface area (Å²) in [5.41, 5.74) is 0.783. The van der Waals surface area contributed by atoms with Crippen LogP contribution in [0, 0.1) is 5.92 Å². The van der Waals surface area contributed by atoms with Gasteiger partial charge in [-0.2, -0.15) is 0 Å². The highest BCUT2D eigenvalue weighted by molar-refractivity contribution is 6.04. The summed E-state index contributed by atoms with van der Waals surface area (Å²) in [6, 6.07) is 4.86. The lowest BCUT2D eigenvalue weighted by atomic mass is 9.83. The number of amides is 4. The minimum atomic E-state index is -0.666. The Morgan fingerprint density at radius 2 is 1.94 bits per heavy atom. The van der Waals surface area contributed by atoms with Gasteiger partial charge in [0.05, 0.1) is 6.54 Å². The van der Waals surface area contributed by atoms with Crippen LogP contribution in [0.2, 0.25) is 0 Å². The summed E-state index contributed by atoms with van der Waals surface area (Å²) in [6.45, 7) is 3.39. The Morgan fingerprint density at radius 3 is 2.85 bits per heavy atom. The third kappa shape index (κ3) is 4.78. The molecule has 9 heteroatoms. The number of nitrogens with zero attached hydrogens (tertiary/aromatic N) is 2. The monoisotopic (exact) mass is 456 g/mol. The highest BCUT2D eigenvalue weighted by atomic mass is 16.7. The highest BCUT2D eigenvalue weighted by Crippen LogP contribution is 2.33. The molecular formula is C24H32N4O5. The van der Waals surface area contributed by atoms with E-state index >= 15 is 0 Å². The van der Waals surface area contributed by atoms with E-state index in [1.165, 1.54) is 43.7 Å². The van der Waals surface area contributed by atoms with Gasteiger partial charge in [0.15, 0.2) is 11.5 Å². The van der Waals surface area contributed by atoms with Crippen molar-refractivity contribution in [2.24, 2.45) is 5.92 Å². The van der Waals surface area contributed by atoms with Gasteiger partial charge < -0.3 is 25.0 Å². The molecular weight excluding hydrogens is 424 g/mol. The van der Waals surface area contributed by atoms with Gasteiger partial charge in [0, 0.05) is 19.0 Å². The third-order valence-electron chi connectivity index (χ3n) is 7.33. The van der Waals surface area contributed by atoms with Crippen molar-refractivity contribution in [2.75, 3.05) is 26.4 Å². The lowest BCUT2D eigenvalue weighted by Gasteiger charge is -2.44. The van der Waals surface area contributed by atoms with Crippen LogP contribution in [0.4, 0.5) is 4.79 Å². The number of nitrogens with one attached hydrogen (secondary N) is 2. The zero-order valence-corrected chi connectivity index (χ0v) is 18.9. The van der Waals surface area contributed by atoms with E-state index in [1.807, 2.05) is 6.07 Å². The van der Waals surface area contributed by atoms with E-state index in [1.54, 1.807) is 12.1 Å². The molecule has 4 aliphatic rings. The van der Waals surface area contributed by atoms with Crippen molar-refractivity contribution in [3.05, 3.63) is 23.8 Å². The van der Waals surface area contributed by atoms with Crippen LogP contribution in [0.5, 0.6) is 11.5 Å². The summed E-state index contributed by atoms with van der Waals surface area (Å²) >= 11 is 0. The number of piperidine rings is 2. The number of fused-ring (bicyclic) bond motifs is 2. The number of hydrogen-bond donors (Lipinski definition) is 2. The number of rotatable bonds is 7. The van der Waals surface area contributed by atoms with Crippen molar-refractivity contribution in [3.8, 4) is 11.5 Å². The van der Waals surface area contributed by atoms with E-state index in [4.69, 9.17) is 9.47 Å². The van der Waals surface area contributed by atoms with Crippen molar-refractivity contribution in [1.82, 2.24) is 20.4 Å². The Bertz CT molecular complexity index is 920. The number of urea groups is 1. The first-order chi connectivity index (χ1) is 16.1. The number of imide groups is 1. The fraction of sp³-hybridized carbons (Fsp3) is 0.625. The number of ether oxygens (including phenoxy) is 2. The van der Waals surface area contributed by atoms with Crippen molar-refractivity contribution < 1.29 is 23.9 Å². The molecule has 0 spiro atoms. The Morgan fingerprint density at radius 1 is 1.09 bits per heavy atom. The standard InChI is InChI=1S/C24H32N4O5/c29-22(25-13-17-4-3-11-27-10-2-1-5-19(17)27)9-7-18-23(30)28(24(31)26-18)14-16-6-8-20-21(12-16)33-15-32-20/h6,8,12,17-19H,1-5,7,9-11,13-15H2,(H,25,29)(H,26,31)/t17-,18-,19-/m0/s1. The maximum Gasteiger partial charge on any atom is 0.325 e. The van der Waals surface area contributed by atoms with Gasteiger partial charge in [-0.25, -0.2) is 4.79 Å². The molecule has 5 rings (SSSR count). The fourth-order valence-electron chi connectivity index (χ4n) is 5.57. The van der Waals surface area contributed by atoms with Gasteiger partial charge in [0.25, 0.3) is 5.91 Å². The molecule has 3 atom stereocenters. The molecule has 1 aromatic rings. The summed E-state index contributed by atoms with van der Waals surface area (Å²) in [5, 5.41) is 5.80. The highest BCUT2D eigenvalue weighted by Gasteiger charge is 2.38. The first-order valence-corrected chi connectivity index (χ1v) is 12.1. The Hall–Kier alpha value is -2.81. The van der Waals surface area contributed by atoms with Crippen LogP contribution < -0.4 is 20.1 Å². The van der Waals surface area contributed by atoms with Crippen molar-refractivity contribution in [1.29, 1.82) is 0 Å². The van der Waals surface area contributed by atoms with Crippen molar-refractivity contribution in [2.45, 2.75) is 63.6 Å². The van der Waals surface area contributed by atoms with Gasteiger partial charge in [0.2, 0.25) is 12.7 Å². The third-order valence-corrected chi connectivity index (χ3v) is 7.33. The summed E-state index contributed by atoms with van der Waals surface area (Å²) < 4.78 is 10.7. The van der Waals surface area contributed by atoms with E-state index in [0.29, 0.717) is 36.4 Å². The maximum atomic E-state index is 12.8. The molecule has 4 aliphatic heterocycles. The van der Waals surface area contributed by atoms with Crippen LogP contribution in [-0.2, 0) is 16.1 Å². The normalized spacial score (nSPS) is 26.8. The largest absolute Gasteiger partial charge is 0.454 e. The van der Waals surface area contributed by atoms with Crippen LogP contribution in [0.25, 0.3) is 0 Å². The first-order valence-electron chi connectivity index (χ1n) is 12.1. The molecule has 2 N–H and O–H groups in total. The average molecular weight is 457 g/mol. The maximum absolute atomic E-state index is 12.8. The molecule has 178 valence electrons. The number of carbonyl (C=O) groups is 3. The number of carbonyl (C=O) groups excluding carboxylic acids is 3. The van der Waals surface area contributed by atoms with Crippen LogP contribution in [-0.4, -0.2) is 66.2 Å². The predicted molar refractivity (Wildman–Crippen MR) is 120 cm³/mol.